The number of halogens is 5. The summed E-state index contributed by atoms with van der Waals surface area (Å²) in [6.07, 6.45) is 4.04. The first-order valence-corrected chi connectivity index (χ1v) is 11.7. The number of nitrogens with zero attached hydrogens (tertiary/aromatic N) is 2. The van der Waals surface area contributed by atoms with Crippen LogP contribution in [-0.4, -0.2) is 60.4 Å². The van der Waals surface area contributed by atoms with Gasteiger partial charge in [-0.2, -0.15) is 13.2 Å². The third-order valence-electron chi connectivity index (χ3n) is 7.30. The van der Waals surface area contributed by atoms with E-state index in [0.717, 1.165) is 31.9 Å². The number of aliphatic carboxylic acids is 1. The van der Waals surface area contributed by atoms with Gasteiger partial charge in [0.2, 0.25) is 0 Å². The highest BCUT2D eigenvalue weighted by atomic mass is 35.5. The summed E-state index contributed by atoms with van der Waals surface area (Å²) >= 11 is 12.5. The molecule has 5 rings (SSSR count). The summed E-state index contributed by atoms with van der Waals surface area (Å²) in [4.78, 5) is 13.9. The number of fused-ring (bicyclic) bond motifs is 3. The second-order valence-electron chi connectivity index (χ2n) is 9.32. The molecule has 1 aromatic rings. The molecule has 32 heavy (non-hydrogen) atoms. The maximum atomic E-state index is 10.6. The number of anilines is 1. The highest BCUT2D eigenvalue weighted by Crippen LogP contribution is 2.53. The molecular weight excluding hydrogens is 466 g/mol. The smallest absolute Gasteiger partial charge is 0.475 e. The van der Waals surface area contributed by atoms with Crippen LogP contribution in [0.5, 0.6) is 0 Å². The maximum Gasteiger partial charge on any atom is 0.490 e. The van der Waals surface area contributed by atoms with Gasteiger partial charge in [-0.05, 0) is 69.0 Å². The molecule has 0 atom stereocenters. The second-order valence-corrected chi connectivity index (χ2v) is 10.1. The average molecular weight is 496 g/mol. The van der Waals surface area contributed by atoms with E-state index in [9.17, 15) is 13.2 Å². The van der Waals surface area contributed by atoms with Crippen LogP contribution in [0.2, 0.25) is 10.0 Å². The summed E-state index contributed by atoms with van der Waals surface area (Å²) in [5.41, 5.74) is 8.30. The van der Waals surface area contributed by atoms with E-state index < -0.39 is 12.1 Å². The monoisotopic (exact) mass is 495 g/mol. The first-order valence-electron chi connectivity index (χ1n) is 10.9. The van der Waals surface area contributed by atoms with Crippen molar-refractivity contribution >= 4 is 34.9 Å². The van der Waals surface area contributed by atoms with Gasteiger partial charge in [-0.1, -0.05) is 29.3 Å². The molecule has 1 aromatic carbocycles. The van der Waals surface area contributed by atoms with Crippen LogP contribution in [0, 0.1) is 5.41 Å². The Hall–Kier alpha value is -1.22. The van der Waals surface area contributed by atoms with Gasteiger partial charge in [0.1, 0.15) is 0 Å². The minimum absolute atomic E-state index is 0.184. The molecule has 0 amide bonds. The van der Waals surface area contributed by atoms with Crippen molar-refractivity contribution in [2.75, 3.05) is 37.6 Å². The minimum Gasteiger partial charge on any atom is -0.475 e. The van der Waals surface area contributed by atoms with Crippen LogP contribution in [0.4, 0.5) is 18.9 Å². The SMILES string of the molecule is NC12CCC(CCN3CCN(c4cccc(Cl)c4Cl)CC3)(CC1)CC2.O=C(O)C(F)(F)F. The summed E-state index contributed by atoms with van der Waals surface area (Å²) in [6, 6.07) is 5.91. The number of rotatable bonds is 4. The molecule has 0 unspecified atom stereocenters. The number of nitrogens with two attached hydrogens (primary N) is 1. The molecule has 0 spiro atoms. The topological polar surface area (TPSA) is 69.8 Å². The molecule has 1 heterocycles. The second kappa shape index (κ2) is 9.95. The van der Waals surface area contributed by atoms with E-state index in [1.807, 2.05) is 12.1 Å². The molecule has 1 saturated heterocycles. The van der Waals surface area contributed by atoms with Crippen molar-refractivity contribution in [1.82, 2.24) is 4.90 Å². The number of alkyl halides is 3. The van der Waals surface area contributed by atoms with Crippen LogP contribution in [0.1, 0.15) is 44.9 Å². The molecule has 0 radical (unpaired) electrons. The summed E-state index contributed by atoms with van der Waals surface area (Å²) < 4.78 is 31.7. The van der Waals surface area contributed by atoms with Gasteiger partial charge in [0.15, 0.2) is 0 Å². The zero-order chi connectivity index (χ0) is 23.6. The quantitative estimate of drug-likeness (QED) is 0.601. The van der Waals surface area contributed by atoms with Crippen molar-refractivity contribution < 1.29 is 23.1 Å². The lowest BCUT2D eigenvalue weighted by molar-refractivity contribution is -0.192. The standard InChI is InChI=1S/C20H29Cl2N3.C2HF3O2/c21-16-2-1-3-17(18(16)22)25-14-12-24(13-15-25)11-10-19-4-7-20(23,8-5-19)9-6-19;3-2(4,5)1(6)7/h1-3H,4-15,23H2;(H,6,7). The lowest BCUT2D eigenvalue weighted by atomic mass is 9.56. The van der Waals surface area contributed by atoms with Gasteiger partial charge in [-0.25, -0.2) is 4.79 Å². The Labute approximate surface area is 196 Å². The number of benzene rings is 1. The van der Waals surface area contributed by atoms with Gasteiger partial charge >= 0.3 is 12.1 Å². The van der Waals surface area contributed by atoms with E-state index in [1.54, 1.807) is 0 Å². The zero-order valence-corrected chi connectivity index (χ0v) is 19.4. The van der Waals surface area contributed by atoms with E-state index in [4.69, 9.17) is 38.8 Å². The summed E-state index contributed by atoms with van der Waals surface area (Å²) in [6.45, 7) is 5.51. The first-order chi connectivity index (χ1) is 14.9. The lowest BCUT2D eigenvalue weighted by Crippen LogP contribution is -2.53. The summed E-state index contributed by atoms with van der Waals surface area (Å²) in [5.74, 6) is -2.76. The average Bonchev–Trinajstić information content (AvgIpc) is 2.76. The first kappa shape index (κ1) is 25.4. The van der Waals surface area contributed by atoms with Crippen molar-refractivity contribution in [3.63, 3.8) is 0 Å². The van der Waals surface area contributed by atoms with Crippen molar-refractivity contribution in [1.29, 1.82) is 0 Å². The van der Waals surface area contributed by atoms with Gasteiger partial charge in [0.05, 0.1) is 15.7 Å². The fourth-order valence-electron chi connectivity index (χ4n) is 5.01. The summed E-state index contributed by atoms with van der Waals surface area (Å²) in [5, 5.41) is 8.46. The summed E-state index contributed by atoms with van der Waals surface area (Å²) in [7, 11) is 0. The number of carboxylic acids is 1. The Morgan fingerprint density at radius 2 is 1.56 bits per heavy atom. The third kappa shape index (κ3) is 6.22. The van der Waals surface area contributed by atoms with E-state index in [-0.39, 0.29) is 5.54 Å². The van der Waals surface area contributed by atoms with Gasteiger partial charge in [-0.3, -0.25) is 4.90 Å². The fraction of sp³-hybridized carbons (Fsp3) is 0.682. The Balaban J connectivity index is 0.000000360. The van der Waals surface area contributed by atoms with Gasteiger partial charge in [0, 0.05) is 31.7 Å². The third-order valence-corrected chi connectivity index (χ3v) is 8.11. The van der Waals surface area contributed by atoms with Crippen LogP contribution in [-0.2, 0) is 4.79 Å². The zero-order valence-electron chi connectivity index (χ0n) is 17.9. The number of hydrogen-bond acceptors (Lipinski definition) is 4. The Kier molecular flexibility index (Phi) is 7.90. The molecule has 3 aliphatic carbocycles. The predicted octanol–water partition coefficient (Wildman–Crippen LogP) is 5.19. The molecule has 180 valence electrons. The Morgan fingerprint density at radius 3 is 2.06 bits per heavy atom. The van der Waals surface area contributed by atoms with E-state index in [0.29, 0.717) is 15.5 Å². The predicted molar refractivity (Wildman–Crippen MR) is 120 cm³/mol. The largest absolute Gasteiger partial charge is 0.490 e. The molecule has 4 fully saturated rings. The van der Waals surface area contributed by atoms with Crippen molar-refractivity contribution in [2.45, 2.75) is 56.7 Å². The Morgan fingerprint density at radius 1 is 1.03 bits per heavy atom. The van der Waals surface area contributed by atoms with Crippen molar-refractivity contribution in [2.24, 2.45) is 11.1 Å². The van der Waals surface area contributed by atoms with Gasteiger partial charge in [0.25, 0.3) is 0 Å². The van der Waals surface area contributed by atoms with Crippen molar-refractivity contribution in [3.8, 4) is 0 Å². The van der Waals surface area contributed by atoms with Gasteiger partial charge < -0.3 is 15.7 Å². The maximum absolute atomic E-state index is 10.6. The lowest BCUT2D eigenvalue weighted by Gasteiger charge is -2.52. The Bertz CT molecular complexity index is 790. The van der Waals surface area contributed by atoms with Gasteiger partial charge in [-0.15, -0.1) is 0 Å². The molecule has 3 N–H and O–H groups in total. The molecule has 3 saturated carbocycles. The molecule has 2 bridgehead atoms. The van der Waals surface area contributed by atoms with Crippen LogP contribution in [0.25, 0.3) is 0 Å². The van der Waals surface area contributed by atoms with Crippen LogP contribution >= 0.6 is 23.2 Å². The van der Waals surface area contributed by atoms with Crippen LogP contribution < -0.4 is 10.6 Å². The van der Waals surface area contributed by atoms with E-state index >= 15 is 0 Å². The number of carboxylic acid groups (broad SMARTS) is 1. The highest BCUT2D eigenvalue weighted by molar-refractivity contribution is 6.43. The molecule has 1 aliphatic heterocycles. The molecule has 5 nitrogen and oxygen atoms in total. The van der Waals surface area contributed by atoms with Crippen LogP contribution in [0.3, 0.4) is 0 Å². The van der Waals surface area contributed by atoms with E-state index in [1.165, 1.54) is 51.5 Å². The molecular formula is C22H30Cl2F3N3O2. The van der Waals surface area contributed by atoms with E-state index in [2.05, 4.69) is 15.9 Å². The molecule has 0 aromatic heterocycles. The number of hydrogen-bond donors (Lipinski definition) is 2. The fourth-order valence-corrected chi connectivity index (χ4v) is 5.43. The molecule has 4 aliphatic rings. The number of piperazine rings is 1. The highest BCUT2D eigenvalue weighted by Gasteiger charge is 2.46. The minimum atomic E-state index is -5.08. The van der Waals surface area contributed by atoms with Crippen LogP contribution in [0.15, 0.2) is 18.2 Å². The van der Waals surface area contributed by atoms with Crippen molar-refractivity contribution in [3.05, 3.63) is 28.2 Å². The normalized spacial score (nSPS) is 28.2. The molecule has 10 heteroatoms. The number of carbonyl (C=O) groups is 1.